The number of benzene rings is 1. The van der Waals surface area contributed by atoms with Crippen molar-refractivity contribution in [2.45, 2.75) is 51.2 Å². The minimum Gasteiger partial charge on any atom is -0.456 e. The van der Waals surface area contributed by atoms with Crippen molar-refractivity contribution < 1.29 is 19.1 Å². The lowest BCUT2D eigenvalue weighted by molar-refractivity contribution is -0.152. The van der Waals surface area contributed by atoms with E-state index in [2.05, 4.69) is 5.32 Å². The maximum atomic E-state index is 12.9. The van der Waals surface area contributed by atoms with E-state index in [1.54, 1.807) is 31.2 Å². The monoisotopic (exact) mass is 378 g/mol. The van der Waals surface area contributed by atoms with E-state index in [1.165, 1.54) is 0 Å². The third-order valence-corrected chi connectivity index (χ3v) is 5.78. The second-order valence-corrected chi connectivity index (χ2v) is 7.50. The van der Waals surface area contributed by atoms with Gasteiger partial charge in [0.15, 0.2) is 0 Å². The third kappa shape index (κ3) is 3.30. The van der Waals surface area contributed by atoms with Crippen molar-refractivity contribution in [1.29, 1.82) is 0 Å². The summed E-state index contributed by atoms with van der Waals surface area (Å²) in [6.07, 6.45) is 2.86. The van der Waals surface area contributed by atoms with Gasteiger partial charge in [-0.25, -0.2) is 4.79 Å². The van der Waals surface area contributed by atoms with Gasteiger partial charge < -0.3 is 10.1 Å². The van der Waals surface area contributed by atoms with E-state index < -0.39 is 30.2 Å². The molecule has 2 fully saturated rings. The van der Waals surface area contributed by atoms with Crippen LogP contribution in [0, 0.1) is 5.92 Å². The highest BCUT2D eigenvalue weighted by atomic mass is 35.5. The number of esters is 1. The summed E-state index contributed by atoms with van der Waals surface area (Å²) in [5.41, 5.74) is -0.193. The van der Waals surface area contributed by atoms with Gasteiger partial charge in [-0.3, -0.25) is 14.5 Å². The minimum absolute atomic E-state index is 0.0516. The third-order valence-electron chi connectivity index (χ3n) is 5.44. The second kappa shape index (κ2) is 7.27. The summed E-state index contributed by atoms with van der Waals surface area (Å²) in [7, 11) is 0. The Hall–Kier alpha value is -2.08. The Kier molecular flexibility index (Phi) is 5.23. The van der Waals surface area contributed by atoms with Gasteiger partial charge in [-0.05, 0) is 31.7 Å². The average molecular weight is 379 g/mol. The summed E-state index contributed by atoms with van der Waals surface area (Å²) in [4.78, 5) is 38.5. The largest absolute Gasteiger partial charge is 0.456 e. The molecule has 2 aliphatic rings. The summed E-state index contributed by atoms with van der Waals surface area (Å²) in [6.45, 7) is 3.28. The molecule has 0 bridgehead atoms. The zero-order valence-corrected chi connectivity index (χ0v) is 15.7. The van der Waals surface area contributed by atoms with Crippen LogP contribution in [0.1, 0.15) is 51.2 Å². The maximum Gasteiger partial charge on any atom is 0.326 e. The van der Waals surface area contributed by atoms with Gasteiger partial charge in [0, 0.05) is 10.6 Å². The molecule has 1 saturated heterocycles. The van der Waals surface area contributed by atoms with E-state index in [-0.39, 0.29) is 11.8 Å². The number of ether oxygens (including phenoxy) is 1. The first-order valence-electron chi connectivity index (χ1n) is 8.93. The minimum atomic E-state index is -0.871. The summed E-state index contributed by atoms with van der Waals surface area (Å²) in [5.74, 6) is -0.908. The van der Waals surface area contributed by atoms with Crippen LogP contribution >= 0.6 is 11.6 Å². The van der Waals surface area contributed by atoms with Crippen molar-refractivity contribution in [1.82, 2.24) is 10.2 Å². The van der Waals surface area contributed by atoms with Gasteiger partial charge in [0.1, 0.15) is 18.2 Å². The maximum absolute atomic E-state index is 12.9. The highest BCUT2D eigenvalue weighted by molar-refractivity contribution is 6.31. The van der Waals surface area contributed by atoms with Gasteiger partial charge in [0.05, 0.1) is 0 Å². The lowest BCUT2D eigenvalue weighted by Crippen LogP contribution is -2.54. The SMILES string of the molecule is C[C@H](OC(=O)CN1C(=O)N[C@@]2(CCCC[C@H]2C)C1=O)c1ccccc1Cl. The first-order chi connectivity index (χ1) is 12.3. The highest BCUT2D eigenvalue weighted by Crippen LogP contribution is 2.38. The number of halogens is 1. The van der Waals surface area contributed by atoms with Gasteiger partial charge >= 0.3 is 12.0 Å². The number of imide groups is 1. The molecule has 1 heterocycles. The topological polar surface area (TPSA) is 75.7 Å². The van der Waals surface area contributed by atoms with E-state index in [0.29, 0.717) is 17.0 Å². The Bertz CT molecular complexity index is 738. The summed E-state index contributed by atoms with van der Waals surface area (Å²) < 4.78 is 5.38. The van der Waals surface area contributed by atoms with E-state index in [1.807, 2.05) is 6.92 Å². The lowest BCUT2D eigenvalue weighted by atomic mass is 9.73. The summed E-state index contributed by atoms with van der Waals surface area (Å²) in [5, 5.41) is 3.32. The summed E-state index contributed by atoms with van der Waals surface area (Å²) >= 11 is 6.11. The number of hydrogen-bond donors (Lipinski definition) is 1. The second-order valence-electron chi connectivity index (χ2n) is 7.09. The van der Waals surface area contributed by atoms with Crippen molar-refractivity contribution in [2.75, 3.05) is 6.54 Å². The van der Waals surface area contributed by atoms with Crippen LogP contribution < -0.4 is 5.32 Å². The smallest absolute Gasteiger partial charge is 0.326 e. The van der Waals surface area contributed by atoms with Crippen molar-refractivity contribution in [3.05, 3.63) is 34.9 Å². The van der Waals surface area contributed by atoms with Crippen molar-refractivity contribution in [3.63, 3.8) is 0 Å². The molecule has 3 amide bonds. The quantitative estimate of drug-likeness (QED) is 0.643. The number of nitrogens with one attached hydrogen (secondary N) is 1. The van der Waals surface area contributed by atoms with E-state index in [0.717, 1.165) is 24.2 Å². The van der Waals surface area contributed by atoms with E-state index in [9.17, 15) is 14.4 Å². The molecule has 1 saturated carbocycles. The van der Waals surface area contributed by atoms with Gasteiger partial charge in [-0.1, -0.05) is 49.6 Å². The fourth-order valence-corrected chi connectivity index (χ4v) is 4.16. The molecular formula is C19H23ClN2O4. The molecule has 26 heavy (non-hydrogen) atoms. The van der Waals surface area contributed by atoms with E-state index >= 15 is 0 Å². The van der Waals surface area contributed by atoms with Gasteiger partial charge in [0.25, 0.3) is 5.91 Å². The number of rotatable bonds is 4. The predicted octanol–water partition coefficient (Wildman–Crippen LogP) is 3.44. The van der Waals surface area contributed by atoms with Crippen molar-refractivity contribution in [3.8, 4) is 0 Å². The number of carbonyl (C=O) groups is 3. The van der Waals surface area contributed by atoms with Crippen LogP contribution in [0.3, 0.4) is 0 Å². The molecule has 1 aliphatic heterocycles. The van der Waals surface area contributed by atoms with Crippen LogP contribution in [-0.2, 0) is 14.3 Å². The number of carbonyl (C=O) groups excluding carboxylic acids is 3. The first-order valence-corrected chi connectivity index (χ1v) is 9.31. The Morgan fingerprint density at radius 2 is 2.12 bits per heavy atom. The molecule has 6 nitrogen and oxygen atoms in total. The molecule has 0 aromatic heterocycles. The molecule has 1 aromatic carbocycles. The van der Waals surface area contributed by atoms with Crippen LogP contribution in [0.25, 0.3) is 0 Å². The standard InChI is InChI=1S/C19H23ClN2O4/c1-12-7-5-6-10-19(12)17(24)22(18(25)21-19)11-16(23)26-13(2)14-8-3-4-9-15(14)20/h3-4,8-9,12-13H,5-7,10-11H2,1-2H3,(H,21,25)/t12-,13+,19-/m1/s1. The Morgan fingerprint density at radius 1 is 1.38 bits per heavy atom. The molecule has 1 spiro atoms. The fourth-order valence-electron chi connectivity index (χ4n) is 3.87. The van der Waals surface area contributed by atoms with Crippen LogP contribution in [0.4, 0.5) is 4.79 Å². The van der Waals surface area contributed by atoms with E-state index in [4.69, 9.17) is 16.3 Å². The number of nitrogens with zero attached hydrogens (tertiary/aromatic N) is 1. The molecule has 3 rings (SSSR count). The molecule has 0 radical (unpaired) electrons. The molecular weight excluding hydrogens is 356 g/mol. The Labute approximate surface area is 157 Å². The normalized spacial score (nSPS) is 26.7. The molecule has 3 atom stereocenters. The highest BCUT2D eigenvalue weighted by Gasteiger charge is 2.55. The van der Waals surface area contributed by atoms with Crippen molar-refractivity contribution in [2.24, 2.45) is 5.92 Å². The van der Waals surface area contributed by atoms with Crippen LogP contribution in [0.2, 0.25) is 5.02 Å². The molecule has 1 aromatic rings. The summed E-state index contributed by atoms with van der Waals surface area (Å²) in [6, 6.07) is 6.56. The molecule has 1 N–H and O–H groups in total. The van der Waals surface area contributed by atoms with Crippen LogP contribution in [-0.4, -0.2) is 34.9 Å². The van der Waals surface area contributed by atoms with Crippen molar-refractivity contribution >= 4 is 29.5 Å². The molecule has 1 aliphatic carbocycles. The van der Waals surface area contributed by atoms with Gasteiger partial charge in [-0.15, -0.1) is 0 Å². The zero-order chi connectivity index (χ0) is 18.9. The predicted molar refractivity (Wildman–Crippen MR) is 96.6 cm³/mol. The first kappa shape index (κ1) is 18.7. The van der Waals surface area contributed by atoms with Crippen LogP contribution in [0.5, 0.6) is 0 Å². The van der Waals surface area contributed by atoms with Crippen LogP contribution in [0.15, 0.2) is 24.3 Å². The zero-order valence-electron chi connectivity index (χ0n) is 15.0. The van der Waals surface area contributed by atoms with Gasteiger partial charge in [-0.2, -0.15) is 0 Å². The molecule has 0 unspecified atom stereocenters. The lowest BCUT2D eigenvalue weighted by Gasteiger charge is -2.36. The van der Waals surface area contributed by atoms with Gasteiger partial charge in [0.2, 0.25) is 0 Å². The Balaban J connectivity index is 1.67. The number of amides is 3. The average Bonchev–Trinajstić information content (AvgIpc) is 2.83. The number of hydrogen-bond acceptors (Lipinski definition) is 4. The fraction of sp³-hybridized carbons (Fsp3) is 0.526. The molecule has 140 valence electrons. The Morgan fingerprint density at radius 3 is 2.81 bits per heavy atom. The molecule has 7 heteroatoms. The number of urea groups is 1.